The maximum atomic E-state index is 13.4. The molecule has 1 fully saturated rings. The number of rotatable bonds is 1. The highest BCUT2D eigenvalue weighted by Crippen LogP contribution is 2.62. The third-order valence-electron chi connectivity index (χ3n) is 4.05. The average molecular weight is 232 g/mol. The number of aryl methyl sites for hydroxylation is 1. The van der Waals surface area contributed by atoms with E-state index in [1.54, 1.807) is 6.92 Å². The van der Waals surface area contributed by atoms with Crippen molar-refractivity contribution in [1.82, 2.24) is 0 Å². The van der Waals surface area contributed by atoms with E-state index in [0.29, 0.717) is 0 Å². The maximum absolute atomic E-state index is 13.4. The number of alkyl halides is 2. The molecular formula is C15H14F2. The molecule has 0 nitrogen and oxygen atoms in total. The summed E-state index contributed by atoms with van der Waals surface area (Å²) in [4.78, 5) is 0. The van der Waals surface area contributed by atoms with Crippen LogP contribution in [0.15, 0.2) is 36.4 Å². The minimum Gasteiger partial charge on any atom is -0.206 e. The van der Waals surface area contributed by atoms with Gasteiger partial charge in [0.25, 0.3) is 5.92 Å². The van der Waals surface area contributed by atoms with Crippen molar-refractivity contribution < 1.29 is 8.78 Å². The average Bonchev–Trinajstić information content (AvgIpc) is 2.79. The van der Waals surface area contributed by atoms with E-state index in [-0.39, 0.29) is 6.42 Å². The predicted molar refractivity (Wildman–Crippen MR) is 65.6 cm³/mol. The van der Waals surface area contributed by atoms with Crippen LogP contribution in [0.2, 0.25) is 0 Å². The summed E-state index contributed by atoms with van der Waals surface area (Å²) in [5.41, 5.74) is 0.824. The van der Waals surface area contributed by atoms with Crippen LogP contribution >= 0.6 is 0 Å². The molecule has 88 valence electrons. The van der Waals surface area contributed by atoms with Crippen molar-refractivity contribution in [3.05, 3.63) is 47.5 Å². The summed E-state index contributed by atoms with van der Waals surface area (Å²) in [5.74, 6) is -2.54. The normalized spacial score (nSPS) is 26.1. The molecule has 1 atom stereocenters. The number of hydrogen-bond donors (Lipinski definition) is 0. The molecule has 3 rings (SSSR count). The zero-order valence-electron chi connectivity index (χ0n) is 9.93. The van der Waals surface area contributed by atoms with Gasteiger partial charge in [-0.15, -0.1) is 0 Å². The third kappa shape index (κ3) is 1.33. The lowest BCUT2D eigenvalue weighted by Crippen LogP contribution is -2.13. The summed E-state index contributed by atoms with van der Waals surface area (Å²) in [6, 6.07) is 11.7. The smallest absolute Gasteiger partial charge is 0.206 e. The molecule has 0 aliphatic heterocycles. The highest BCUT2D eigenvalue weighted by atomic mass is 19.3. The van der Waals surface area contributed by atoms with Crippen LogP contribution < -0.4 is 0 Å². The summed E-state index contributed by atoms with van der Waals surface area (Å²) in [5, 5.41) is 2.19. The van der Waals surface area contributed by atoms with Gasteiger partial charge in [-0.2, -0.15) is 0 Å². The maximum Gasteiger partial charge on any atom is 0.258 e. The summed E-state index contributed by atoms with van der Waals surface area (Å²) in [6.07, 6.45) is -0.0286. The summed E-state index contributed by atoms with van der Waals surface area (Å²) in [7, 11) is 0. The van der Waals surface area contributed by atoms with E-state index in [1.165, 1.54) is 0 Å². The van der Waals surface area contributed by atoms with E-state index < -0.39 is 11.3 Å². The first-order valence-corrected chi connectivity index (χ1v) is 5.82. The Hall–Kier alpha value is -1.44. The fourth-order valence-electron chi connectivity index (χ4n) is 2.72. The lowest BCUT2D eigenvalue weighted by molar-refractivity contribution is 0.0919. The fourth-order valence-corrected chi connectivity index (χ4v) is 2.72. The summed E-state index contributed by atoms with van der Waals surface area (Å²) in [6.45, 7) is 3.60. The minimum atomic E-state index is -2.54. The molecular weight excluding hydrogens is 218 g/mol. The zero-order chi connectivity index (χ0) is 12.3. The Morgan fingerprint density at radius 2 is 1.71 bits per heavy atom. The first-order chi connectivity index (χ1) is 7.96. The van der Waals surface area contributed by atoms with Gasteiger partial charge in [0.15, 0.2) is 0 Å². The Morgan fingerprint density at radius 1 is 1.06 bits per heavy atom. The molecule has 2 heteroatoms. The second-order valence-electron chi connectivity index (χ2n) is 5.17. The van der Waals surface area contributed by atoms with Gasteiger partial charge in [-0.05, 0) is 35.7 Å². The van der Waals surface area contributed by atoms with Gasteiger partial charge >= 0.3 is 0 Å². The summed E-state index contributed by atoms with van der Waals surface area (Å²) < 4.78 is 26.9. The molecule has 0 amide bonds. The van der Waals surface area contributed by atoms with Gasteiger partial charge in [-0.1, -0.05) is 36.4 Å². The Labute approximate surface area is 99.3 Å². The van der Waals surface area contributed by atoms with Crippen LogP contribution in [0.5, 0.6) is 0 Å². The van der Waals surface area contributed by atoms with E-state index in [9.17, 15) is 8.78 Å². The Bertz CT molecular complexity index is 601. The van der Waals surface area contributed by atoms with Crippen LogP contribution in [-0.4, -0.2) is 5.92 Å². The zero-order valence-corrected chi connectivity index (χ0v) is 9.93. The van der Waals surface area contributed by atoms with Crippen molar-refractivity contribution in [3.63, 3.8) is 0 Å². The van der Waals surface area contributed by atoms with Crippen molar-refractivity contribution in [3.8, 4) is 0 Å². The van der Waals surface area contributed by atoms with Gasteiger partial charge in [0.2, 0.25) is 0 Å². The van der Waals surface area contributed by atoms with Crippen LogP contribution in [0.1, 0.15) is 24.5 Å². The van der Waals surface area contributed by atoms with Gasteiger partial charge < -0.3 is 0 Å². The quantitative estimate of drug-likeness (QED) is 0.681. The molecule has 1 unspecified atom stereocenters. The van der Waals surface area contributed by atoms with Gasteiger partial charge in [0.1, 0.15) is 0 Å². The van der Waals surface area contributed by atoms with Crippen LogP contribution in [0.3, 0.4) is 0 Å². The third-order valence-corrected chi connectivity index (χ3v) is 4.05. The number of benzene rings is 2. The monoisotopic (exact) mass is 232 g/mol. The number of fused-ring (bicyclic) bond motifs is 1. The second-order valence-corrected chi connectivity index (χ2v) is 5.17. The van der Waals surface area contributed by atoms with Gasteiger partial charge in [-0.3, -0.25) is 0 Å². The van der Waals surface area contributed by atoms with E-state index in [2.05, 4.69) is 0 Å². The fraction of sp³-hybridized carbons (Fsp3) is 0.333. The van der Waals surface area contributed by atoms with Crippen LogP contribution in [-0.2, 0) is 5.41 Å². The number of halogens is 2. The SMILES string of the molecule is Cc1c(C2(C)CC2(F)F)ccc2ccccc12. The first-order valence-electron chi connectivity index (χ1n) is 5.82. The van der Waals surface area contributed by atoms with Crippen molar-refractivity contribution in [2.75, 3.05) is 0 Å². The number of hydrogen-bond acceptors (Lipinski definition) is 0. The first kappa shape index (κ1) is 10.7. The summed E-state index contributed by atoms with van der Waals surface area (Å²) >= 11 is 0. The van der Waals surface area contributed by atoms with E-state index >= 15 is 0 Å². The van der Waals surface area contributed by atoms with E-state index in [0.717, 1.165) is 21.9 Å². The van der Waals surface area contributed by atoms with Crippen molar-refractivity contribution in [2.24, 2.45) is 0 Å². The van der Waals surface area contributed by atoms with E-state index in [1.807, 2.05) is 43.3 Å². The molecule has 0 bridgehead atoms. The van der Waals surface area contributed by atoms with Crippen molar-refractivity contribution >= 4 is 10.8 Å². The van der Waals surface area contributed by atoms with Gasteiger partial charge in [0.05, 0.1) is 5.41 Å². The topological polar surface area (TPSA) is 0 Å². The van der Waals surface area contributed by atoms with Gasteiger partial charge in [-0.25, -0.2) is 8.78 Å². The van der Waals surface area contributed by atoms with Crippen LogP contribution in [0.25, 0.3) is 10.8 Å². The molecule has 1 aliphatic carbocycles. The van der Waals surface area contributed by atoms with Gasteiger partial charge in [0, 0.05) is 6.42 Å². The standard InChI is InChI=1S/C15H14F2/c1-10-12-6-4-3-5-11(12)7-8-13(10)14(2)9-15(14,16)17/h3-8H,9H2,1-2H3. The molecule has 0 saturated heterocycles. The molecule has 0 radical (unpaired) electrons. The molecule has 0 spiro atoms. The highest BCUT2D eigenvalue weighted by Gasteiger charge is 2.69. The molecule has 17 heavy (non-hydrogen) atoms. The van der Waals surface area contributed by atoms with Crippen molar-refractivity contribution in [1.29, 1.82) is 0 Å². The lowest BCUT2D eigenvalue weighted by atomic mass is 9.89. The van der Waals surface area contributed by atoms with E-state index in [4.69, 9.17) is 0 Å². The lowest BCUT2D eigenvalue weighted by Gasteiger charge is -2.15. The molecule has 1 saturated carbocycles. The Kier molecular flexibility index (Phi) is 1.93. The largest absolute Gasteiger partial charge is 0.258 e. The Morgan fingerprint density at radius 3 is 2.35 bits per heavy atom. The minimum absolute atomic E-state index is 0.0286. The van der Waals surface area contributed by atoms with Crippen molar-refractivity contribution in [2.45, 2.75) is 31.6 Å². The Balaban J connectivity index is 2.23. The molecule has 1 aliphatic rings. The molecule has 2 aromatic carbocycles. The molecule has 2 aromatic rings. The predicted octanol–water partition coefficient (Wildman–Crippen LogP) is 4.44. The second kappa shape index (κ2) is 3.06. The van der Waals surface area contributed by atoms with Crippen LogP contribution in [0, 0.1) is 6.92 Å². The molecule has 0 heterocycles. The van der Waals surface area contributed by atoms with Crippen LogP contribution in [0.4, 0.5) is 8.78 Å². The highest BCUT2D eigenvalue weighted by molar-refractivity contribution is 5.87. The molecule has 0 N–H and O–H groups in total. The molecule has 0 aromatic heterocycles.